The SMILES string of the molecule is CC/C=C/C[C@@H](O)C(C)c1ccccc1. The van der Waals surface area contributed by atoms with Crippen molar-refractivity contribution in [3.05, 3.63) is 48.0 Å². The average molecular weight is 204 g/mol. The first-order chi connectivity index (χ1) is 7.25. The van der Waals surface area contributed by atoms with Crippen LogP contribution in [0.5, 0.6) is 0 Å². The predicted molar refractivity (Wildman–Crippen MR) is 64.9 cm³/mol. The van der Waals surface area contributed by atoms with Gasteiger partial charge in [0, 0.05) is 5.92 Å². The predicted octanol–water partition coefficient (Wildman–Crippen LogP) is 3.51. The molecule has 0 aliphatic heterocycles. The van der Waals surface area contributed by atoms with Crippen molar-refractivity contribution in [1.29, 1.82) is 0 Å². The Labute approximate surface area is 92.5 Å². The summed E-state index contributed by atoms with van der Waals surface area (Å²) in [6.45, 7) is 4.17. The van der Waals surface area contributed by atoms with Gasteiger partial charge in [-0.2, -0.15) is 0 Å². The van der Waals surface area contributed by atoms with Crippen LogP contribution in [0.3, 0.4) is 0 Å². The van der Waals surface area contributed by atoms with Crippen molar-refractivity contribution in [2.75, 3.05) is 0 Å². The molecule has 0 radical (unpaired) electrons. The third-order valence-corrected chi connectivity index (χ3v) is 2.68. The van der Waals surface area contributed by atoms with E-state index in [0.717, 1.165) is 12.8 Å². The summed E-state index contributed by atoms with van der Waals surface area (Å²) >= 11 is 0. The Morgan fingerprint density at radius 3 is 2.47 bits per heavy atom. The van der Waals surface area contributed by atoms with Gasteiger partial charge in [0.2, 0.25) is 0 Å². The van der Waals surface area contributed by atoms with Gasteiger partial charge in [-0.05, 0) is 18.4 Å². The molecule has 82 valence electrons. The Balaban J connectivity index is 2.53. The maximum atomic E-state index is 9.95. The molecule has 1 heteroatoms. The van der Waals surface area contributed by atoms with Crippen molar-refractivity contribution in [1.82, 2.24) is 0 Å². The number of aliphatic hydroxyl groups is 1. The molecule has 1 unspecified atom stereocenters. The fraction of sp³-hybridized carbons (Fsp3) is 0.429. The summed E-state index contributed by atoms with van der Waals surface area (Å²) < 4.78 is 0. The van der Waals surface area contributed by atoms with Crippen molar-refractivity contribution in [2.24, 2.45) is 0 Å². The summed E-state index contributed by atoms with van der Waals surface area (Å²) in [5, 5.41) is 9.95. The van der Waals surface area contributed by atoms with Crippen LogP contribution in [0.4, 0.5) is 0 Å². The van der Waals surface area contributed by atoms with Gasteiger partial charge in [0.05, 0.1) is 6.10 Å². The van der Waals surface area contributed by atoms with Crippen molar-refractivity contribution in [2.45, 2.75) is 38.7 Å². The van der Waals surface area contributed by atoms with Crippen LogP contribution in [-0.4, -0.2) is 11.2 Å². The molecule has 0 saturated heterocycles. The number of hydrogen-bond acceptors (Lipinski definition) is 1. The zero-order valence-corrected chi connectivity index (χ0v) is 9.56. The minimum absolute atomic E-state index is 0.202. The second-order valence-electron chi connectivity index (χ2n) is 3.88. The topological polar surface area (TPSA) is 20.2 Å². The minimum Gasteiger partial charge on any atom is -0.392 e. The lowest BCUT2D eigenvalue weighted by atomic mass is 9.93. The summed E-state index contributed by atoms with van der Waals surface area (Å²) in [4.78, 5) is 0. The molecule has 0 aromatic heterocycles. The average Bonchev–Trinajstić information content (AvgIpc) is 2.29. The maximum absolute atomic E-state index is 9.95. The molecular weight excluding hydrogens is 184 g/mol. The first kappa shape index (κ1) is 12.0. The number of aliphatic hydroxyl groups excluding tert-OH is 1. The van der Waals surface area contributed by atoms with Gasteiger partial charge in [-0.15, -0.1) is 0 Å². The Kier molecular flexibility index (Phi) is 5.13. The lowest BCUT2D eigenvalue weighted by molar-refractivity contribution is 0.152. The first-order valence-corrected chi connectivity index (χ1v) is 5.63. The number of hydrogen-bond donors (Lipinski definition) is 1. The highest BCUT2D eigenvalue weighted by Crippen LogP contribution is 2.20. The van der Waals surface area contributed by atoms with Crippen LogP contribution in [0.25, 0.3) is 0 Å². The quantitative estimate of drug-likeness (QED) is 0.728. The molecule has 0 spiro atoms. The lowest BCUT2D eigenvalue weighted by Gasteiger charge is -2.17. The van der Waals surface area contributed by atoms with E-state index in [0.29, 0.717) is 0 Å². The Morgan fingerprint density at radius 2 is 1.87 bits per heavy atom. The van der Waals surface area contributed by atoms with Gasteiger partial charge in [0.25, 0.3) is 0 Å². The standard InChI is InChI=1S/C14H20O/c1-3-4-6-11-14(15)12(2)13-9-7-5-8-10-13/h4-10,12,14-15H,3,11H2,1-2H3/b6-4+/t12?,14-/m1/s1. The molecule has 1 rings (SSSR count). The second kappa shape index (κ2) is 6.41. The van der Waals surface area contributed by atoms with Crippen LogP contribution >= 0.6 is 0 Å². The van der Waals surface area contributed by atoms with Gasteiger partial charge < -0.3 is 5.11 Å². The van der Waals surface area contributed by atoms with Crippen LogP contribution < -0.4 is 0 Å². The van der Waals surface area contributed by atoms with Crippen LogP contribution in [0.2, 0.25) is 0 Å². The van der Waals surface area contributed by atoms with Crippen molar-refractivity contribution in [3.63, 3.8) is 0 Å². The zero-order chi connectivity index (χ0) is 11.1. The monoisotopic (exact) mass is 204 g/mol. The summed E-state index contributed by atoms with van der Waals surface area (Å²) in [6.07, 6.45) is 5.65. The molecule has 15 heavy (non-hydrogen) atoms. The molecule has 0 fully saturated rings. The van der Waals surface area contributed by atoms with Gasteiger partial charge in [0.15, 0.2) is 0 Å². The molecule has 1 nitrogen and oxygen atoms in total. The molecule has 2 atom stereocenters. The fourth-order valence-electron chi connectivity index (χ4n) is 1.59. The summed E-state index contributed by atoms with van der Waals surface area (Å²) in [6, 6.07) is 10.2. The fourth-order valence-corrected chi connectivity index (χ4v) is 1.59. The van der Waals surface area contributed by atoms with E-state index in [9.17, 15) is 5.11 Å². The van der Waals surface area contributed by atoms with Gasteiger partial charge in [-0.3, -0.25) is 0 Å². The zero-order valence-electron chi connectivity index (χ0n) is 9.56. The highest BCUT2D eigenvalue weighted by molar-refractivity contribution is 5.20. The van der Waals surface area contributed by atoms with Gasteiger partial charge in [-0.25, -0.2) is 0 Å². The van der Waals surface area contributed by atoms with E-state index < -0.39 is 0 Å². The highest BCUT2D eigenvalue weighted by atomic mass is 16.3. The summed E-state index contributed by atoms with van der Waals surface area (Å²) in [7, 11) is 0. The molecular formula is C14H20O. The summed E-state index contributed by atoms with van der Waals surface area (Å²) in [5.74, 6) is 0.202. The molecule has 0 aliphatic rings. The number of allylic oxidation sites excluding steroid dienone is 1. The van der Waals surface area contributed by atoms with Crippen molar-refractivity contribution in [3.8, 4) is 0 Å². The summed E-state index contributed by atoms with van der Waals surface area (Å²) in [5.41, 5.74) is 1.20. The van der Waals surface area contributed by atoms with Crippen LogP contribution in [0.15, 0.2) is 42.5 Å². The minimum atomic E-state index is -0.282. The number of benzene rings is 1. The lowest BCUT2D eigenvalue weighted by Crippen LogP contribution is -2.14. The molecule has 0 bridgehead atoms. The third-order valence-electron chi connectivity index (χ3n) is 2.68. The molecule has 0 amide bonds. The van der Waals surface area contributed by atoms with Crippen molar-refractivity contribution < 1.29 is 5.11 Å². The van der Waals surface area contributed by atoms with E-state index in [4.69, 9.17) is 0 Å². The molecule has 0 heterocycles. The van der Waals surface area contributed by atoms with Crippen molar-refractivity contribution >= 4 is 0 Å². The smallest absolute Gasteiger partial charge is 0.0640 e. The molecule has 1 aromatic carbocycles. The van der Waals surface area contributed by atoms with Gasteiger partial charge >= 0.3 is 0 Å². The van der Waals surface area contributed by atoms with E-state index in [-0.39, 0.29) is 12.0 Å². The first-order valence-electron chi connectivity index (χ1n) is 5.63. The molecule has 0 saturated carbocycles. The molecule has 1 aromatic rings. The largest absolute Gasteiger partial charge is 0.392 e. The van der Waals surface area contributed by atoms with Crippen LogP contribution in [0.1, 0.15) is 38.2 Å². The van der Waals surface area contributed by atoms with Gasteiger partial charge in [0.1, 0.15) is 0 Å². The van der Waals surface area contributed by atoms with E-state index >= 15 is 0 Å². The van der Waals surface area contributed by atoms with E-state index in [1.165, 1.54) is 5.56 Å². The molecule has 1 N–H and O–H groups in total. The number of rotatable bonds is 5. The third kappa shape index (κ3) is 3.88. The Hall–Kier alpha value is -1.08. The Morgan fingerprint density at radius 1 is 1.20 bits per heavy atom. The van der Waals surface area contributed by atoms with E-state index in [2.05, 4.69) is 38.1 Å². The Bertz CT molecular complexity index is 289. The van der Waals surface area contributed by atoms with Gasteiger partial charge in [-0.1, -0.05) is 56.3 Å². The highest BCUT2D eigenvalue weighted by Gasteiger charge is 2.13. The van der Waals surface area contributed by atoms with Crippen LogP contribution in [0, 0.1) is 0 Å². The second-order valence-corrected chi connectivity index (χ2v) is 3.88. The maximum Gasteiger partial charge on any atom is 0.0640 e. The van der Waals surface area contributed by atoms with E-state index in [1.807, 2.05) is 18.2 Å². The van der Waals surface area contributed by atoms with Crippen LogP contribution in [-0.2, 0) is 0 Å². The normalized spacial score (nSPS) is 15.4. The van der Waals surface area contributed by atoms with E-state index in [1.54, 1.807) is 0 Å². The molecule has 0 aliphatic carbocycles.